The van der Waals surface area contributed by atoms with Crippen molar-refractivity contribution in [2.24, 2.45) is 0 Å². The Morgan fingerprint density at radius 3 is 2.43 bits per heavy atom. The van der Waals surface area contributed by atoms with E-state index in [4.69, 9.17) is 5.11 Å². The molecule has 4 N–H and O–H groups in total. The summed E-state index contributed by atoms with van der Waals surface area (Å²) < 4.78 is 0. The summed E-state index contributed by atoms with van der Waals surface area (Å²) in [5, 5.41) is 30.9. The van der Waals surface area contributed by atoms with Crippen LogP contribution in [0.1, 0.15) is 30.1 Å². The number of phenols is 1. The maximum absolute atomic E-state index is 12.1. The molecular weight excluding hydrogens is 276 g/mol. The fraction of sp³-hybridized carbons (Fsp3) is 0.429. The van der Waals surface area contributed by atoms with Crippen LogP contribution < -0.4 is 5.32 Å². The lowest BCUT2D eigenvalue weighted by molar-refractivity contribution is 0.00568. The van der Waals surface area contributed by atoms with Gasteiger partial charge in [0, 0.05) is 13.1 Å². The van der Waals surface area contributed by atoms with Crippen LogP contribution in [0.15, 0.2) is 18.2 Å². The lowest BCUT2D eigenvalue weighted by atomic mass is 9.94. The maximum atomic E-state index is 12.1. The van der Waals surface area contributed by atoms with E-state index in [2.05, 4.69) is 5.32 Å². The molecule has 2 rings (SSSR count). The molecule has 1 aliphatic rings. The van der Waals surface area contributed by atoms with E-state index in [0.29, 0.717) is 25.9 Å². The number of carbonyl (C=O) groups excluding carboxylic acids is 1. The number of carboxylic acid groups (broad SMARTS) is 1. The number of carbonyl (C=O) groups is 2. The Morgan fingerprint density at radius 1 is 1.29 bits per heavy atom. The van der Waals surface area contributed by atoms with Crippen molar-refractivity contribution in [3.63, 3.8) is 0 Å². The summed E-state index contributed by atoms with van der Waals surface area (Å²) >= 11 is 0. The Morgan fingerprint density at radius 2 is 1.90 bits per heavy atom. The topological polar surface area (TPSA) is 110 Å². The molecule has 0 unspecified atom stereocenters. The highest BCUT2D eigenvalue weighted by molar-refractivity contribution is 5.93. The summed E-state index contributed by atoms with van der Waals surface area (Å²) in [7, 11) is 0. The second kappa shape index (κ2) is 5.61. The molecule has 1 saturated heterocycles. The van der Waals surface area contributed by atoms with Crippen LogP contribution >= 0.6 is 0 Å². The van der Waals surface area contributed by atoms with Crippen molar-refractivity contribution in [3.05, 3.63) is 23.8 Å². The zero-order valence-electron chi connectivity index (χ0n) is 11.7. The van der Waals surface area contributed by atoms with Crippen molar-refractivity contribution in [1.82, 2.24) is 4.90 Å². The third kappa shape index (κ3) is 3.63. The van der Waals surface area contributed by atoms with E-state index in [0.717, 1.165) is 6.07 Å². The van der Waals surface area contributed by atoms with Crippen molar-refractivity contribution in [2.75, 3.05) is 18.4 Å². The molecule has 1 heterocycles. The Hall–Kier alpha value is -2.28. The molecule has 7 nitrogen and oxygen atoms in total. The van der Waals surface area contributed by atoms with Gasteiger partial charge in [-0.05, 0) is 38.0 Å². The van der Waals surface area contributed by atoms with E-state index in [9.17, 15) is 19.8 Å². The van der Waals surface area contributed by atoms with Gasteiger partial charge in [0.2, 0.25) is 0 Å². The molecule has 114 valence electrons. The quantitative estimate of drug-likeness (QED) is 0.617. The number of aliphatic hydroxyl groups is 1. The first-order valence-electron chi connectivity index (χ1n) is 6.63. The largest absolute Gasteiger partial charge is 0.506 e. The third-order valence-electron chi connectivity index (χ3n) is 3.61. The average Bonchev–Trinajstić information content (AvgIpc) is 2.40. The minimum atomic E-state index is -1.15. The molecule has 1 aromatic carbocycles. The highest BCUT2D eigenvalue weighted by atomic mass is 16.4. The summed E-state index contributed by atoms with van der Waals surface area (Å²) in [5.74, 6) is -1.45. The fourth-order valence-corrected chi connectivity index (χ4v) is 2.16. The van der Waals surface area contributed by atoms with Crippen LogP contribution in [0, 0.1) is 0 Å². The van der Waals surface area contributed by atoms with Crippen molar-refractivity contribution in [3.8, 4) is 5.75 Å². The van der Waals surface area contributed by atoms with Crippen LogP contribution in [-0.4, -0.2) is 50.9 Å². The zero-order chi connectivity index (χ0) is 15.6. The number of rotatable bonds is 2. The van der Waals surface area contributed by atoms with Crippen LogP contribution in [0.4, 0.5) is 10.5 Å². The zero-order valence-corrected chi connectivity index (χ0v) is 11.7. The molecule has 0 radical (unpaired) electrons. The van der Waals surface area contributed by atoms with Gasteiger partial charge in [-0.1, -0.05) is 0 Å². The van der Waals surface area contributed by atoms with E-state index in [1.165, 1.54) is 12.1 Å². The number of nitrogens with one attached hydrogen (secondary N) is 1. The lowest BCUT2D eigenvalue weighted by Gasteiger charge is -2.35. The lowest BCUT2D eigenvalue weighted by Crippen LogP contribution is -2.46. The molecule has 0 saturated carbocycles. The minimum Gasteiger partial charge on any atom is -0.506 e. The summed E-state index contributed by atoms with van der Waals surface area (Å²) in [6, 6.07) is 3.35. The van der Waals surface area contributed by atoms with Gasteiger partial charge >= 0.3 is 12.0 Å². The van der Waals surface area contributed by atoms with Gasteiger partial charge in [0.25, 0.3) is 0 Å². The molecule has 0 atom stereocenters. The van der Waals surface area contributed by atoms with E-state index in [1.807, 2.05) is 0 Å². The number of hydrogen-bond acceptors (Lipinski definition) is 4. The fourth-order valence-electron chi connectivity index (χ4n) is 2.16. The summed E-state index contributed by atoms with van der Waals surface area (Å²) in [4.78, 5) is 24.4. The molecule has 0 bridgehead atoms. The third-order valence-corrected chi connectivity index (χ3v) is 3.61. The highest BCUT2D eigenvalue weighted by Crippen LogP contribution is 2.26. The number of hydrogen-bond donors (Lipinski definition) is 4. The number of aromatic carboxylic acids is 1. The number of nitrogens with zero attached hydrogens (tertiary/aromatic N) is 1. The average molecular weight is 294 g/mol. The highest BCUT2D eigenvalue weighted by Gasteiger charge is 2.29. The second-order valence-corrected chi connectivity index (χ2v) is 5.45. The Kier molecular flexibility index (Phi) is 4.04. The van der Waals surface area contributed by atoms with Crippen molar-refractivity contribution in [1.29, 1.82) is 0 Å². The Balaban J connectivity index is 2.02. The predicted molar refractivity (Wildman–Crippen MR) is 75.5 cm³/mol. The second-order valence-electron chi connectivity index (χ2n) is 5.45. The van der Waals surface area contributed by atoms with Gasteiger partial charge in [-0.3, -0.25) is 0 Å². The number of likely N-dealkylation sites (tertiary alicyclic amines) is 1. The molecule has 2 amide bonds. The van der Waals surface area contributed by atoms with Gasteiger partial charge in [0.1, 0.15) is 5.75 Å². The van der Waals surface area contributed by atoms with Gasteiger partial charge in [0.15, 0.2) is 0 Å². The number of urea groups is 1. The van der Waals surface area contributed by atoms with Crippen LogP contribution in [0.25, 0.3) is 0 Å². The first kappa shape index (κ1) is 15.1. The van der Waals surface area contributed by atoms with E-state index in [1.54, 1.807) is 11.8 Å². The number of anilines is 1. The summed E-state index contributed by atoms with van der Waals surface area (Å²) in [6.45, 7) is 2.58. The normalized spacial score (nSPS) is 17.3. The molecule has 7 heteroatoms. The van der Waals surface area contributed by atoms with Crippen molar-refractivity contribution in [2.45, 2.75) is 25.4 Å². The van der Waals surface area contributed by atoms with Gasteiger partial charge in [-0.15, -0.1) is 0 Å². The summed E-state index contributed by atoms with van der Waals surface area (Å²) in [6.07, 6.45) is 0.981. The number of benzene rings is 1. The predicted octanol–water partition coefficient (Wildman–Crippen LogP) is 1.47. The molecule has 0 aliphatic carbocycles. The van der Waals surface area contributed by atoms with Gasteiger partial charge < -0.3 is 25.5 Å². The minimum absolute atomic E-state index is 0.0560. The van der Waals surface area contributed by atoms with Crippen LogP contribution in [0.3, 0.4) is 0 Å². The summed E-state index contributed by atoms with van der Waals surface area (Å²) in [5.41, 5.74) is -0.649. The molecule has 1 aliphatic heterocycles. The number of carboxylic acids is 1. The maximum Gasteiger partial charge on any atom is 0.335 e. The number of phenolic OH excluding ortho intramolecular Hbond substituents is 1. The van der Waals surface area contributed by atoms with Gasteiger partial charge in [-0.2, -0.15) is 0 Å². The van der Waals surface area contributed by atoms with Crippen LogP contribution in [-0.2, 0) is 0 Å². The van der Waals surface area contributed by atoms with E-state index >= 15 is 0 Å². The van der Waals surface area contributed by atoms with Crippen molar-refractivity contribution < 1.29 is 24.9 Å². The SMILES string of the molecule is CC1(O)CCN(C(=O)Nc2ccc(C(=O)O)cc2O)CC1. The monoisotopic (exact) mass is 294 g/mol. The molecule has 0 spiro atoms. The molecular formula is C14H18N2O5. The van der Waals surface area contributed by atoms with Gasteiger partial charge in [0.05, 0.1) is 16.9 Å². The number of piperidine rings is 1. The van der Waals surface area contributed by atoms with Crippen LogP contribution in [0.2, 0.25) is 0 Å². The first-order chi connectivity index (χ1) is 9.78. The molecule has 21 heavy (non-hydrogen) atoms. The van der Waals surface area contributed by atoms with Gasteiger partial charge in [-0.25, -0.2) is 9.59 Å². The Bertz CT molecular complexity index is 560. The van der Waals surface area contributed by atoms with Crippen molar-refractivity contribution >= 4 is 17.7 Å². The first-order valence-corrected chi connectivity index (χ1v) is 6.63. The smallest absolute Gasteiger partial charge is 0.335 e. The molecule has 1 fully saturated rings. The van der Waals surface area contributed by atoms with E-state index in [-0.39, 0.29) is 23.0 Å². The molecule has 0 aromatic heterocycles. The van der Waals surface area contributed by atoms with E-state index < -0.39 is 11.6 Å². The molecule has 1 aromatic rings. The number of aromatic hydroxyl groups is 1. The number of amides is 2. The van der Waals surface area contributed by atoms with Crippen LogP contribution in [0.5, 0.6) is 5.75 Å². The standard InChI is InChI=1S/C14H18N2O5/c1-14(21)4-6-16(7-5-14)13(20)15-10-3-2-9(12(18)19)8-11(10)17/h2-3,8,17,21H,4-7H2,1H3,(H,15,20)(H,18,19). The Labute approximate surface area is 121 Å².